The number of fused-ring (bicyclic) bond motifs is 6. The van der Waals surface area contributed by atoms with Gasteiger partial charge in [0.25, 0.3) is 0 Å². The Morgan fingerprint density at radius 2 is 1.16 bits per heavy atom. The van der Waals surface area contributed by atoms with Gasteiger partial charge in [0, 0.05) is 62.0 Å². The van der Waals surface area contributed by atoms with Crippen molar-refractivity contribution >= 4 is 34.0 Å². The molecule has 5 nitrogen and oxygen atoms in total. The van der Waals surface area contributed by atoms with Crippen LogP contribution in [0.15, 0.2) is 138 Å². The van der Waals surface area contributed by atoms with Gasteiger partial charge in [-0.25, -0.2) is 15.0 Å². The van der Waals surface area contributed by atoms with Crippen molar-refractivity contribution in [3.8, 4) is 51.0 Å². The van der Waals surface area contributed by atoms with E-state index in [2.05, 4.69) is 132 Å². The standard InChI is InChI=1S/C45H32N4O/c1-2-13-29(14-3-1)43-46-44(31-16-10-15-30(27-31)34-22-12-23-38-37-21-6-9-26-41(37)50-42(34)38)48-45(47-43)32-17-11-18-33(28-32)49-39-24-7-4-19-35(39)36-20-5-8-25-40(36)49/h1-7,10-24,27-28H,8-9,25-26H2. The van der Waals surface area contributed by atoms with Gasteiger partial charge in [0.1, 0.15) is 11.3 Å². The fraction of sp³-hybridized carbons (Fsp3) is 0.0889. The van der Waals surface area contributed by atoms with Gasteiger partial charge in [0.2, 0.25) is 0 Å². The summed E-state index contributed by atoms with van der Waals surface area (Å²) >= 11 is 0. The molecule has 0 spiro atoms. The third kappa shape index (κ3) is 4.73. The smallest absolute Gasteiger partial charge is 0.164 e. The number of nitrogens with zero attached hydrogens (tertiary/aromatic N) is 4. The van der Waals surface area contributed by atoms with E-state index in [-0.39, 0.29) is 0 Å². The highest BCUT2D eigenvalue weighted by Gasteiger charge is 2.21. The molecule has 50 heavy (non-hydrogen) atoms. The van der Waals surface area contributed by atoms with Gasteiger partial charge in [-0.1, -0.05) is 121 Å². The topological polar surface area (TPSA) is 56.7 Å². The Bertz CT molecular complexity index is 2660. The number of furan rings is 1. The summed E-state index contributed by atoms with van der Waals surface area (Å²) in [7, 11) is 0. The average molecular weight is 645 g/mol. The molecule has 3 heterocycles. The molecule has 0 saturated carbocycles. The predicted octanol–water partition coefficient (Wildman–Crippen LogP) is 11.1. The van der Waals surface area contributed by atoms with E-state index in [1.807, 2.05) is 18.2 Å². The number of para-hydroxylation sites is 2. The van der Waals surface area contributed by atoms with Crippen LogP contribution in [0, 0.1) is 0 Å². The molecule has 2 aliphatic carbocycles. The van der Waals surface area contributed by atoms with Crippen LogP contribution in [-0.2, 0) is 12.8 Å². The van der Waals surface area contributed by atoms with Crippen molar-refractivity contribution in [1.82, 2.24) is 19.5 Å². The highest BCUT2D eigenvalue weighted by Crippen LogP contribution is 2.39. The number of hydrogen-bond acceptors (Lipinski definition) is 4. The lowest BCUT2D eigenvalue weighted by Crippen LogP contribution is -2.04. The van der Waals surface area contributed by atoms with Gasteiger partial charge >= 0.3 is 0 Å². The largest absolute Gasteiger partial charge is 0.460 e. The van der Waals surface area contributed by atoms with Gasteiger partial charge in [-0.2, -0.15) is 0 Å². The third-order valence-corrected chi connectivity index (χ3v) is 9.96. The molecule has 0 aliphatic heterocycles. The van der Waals surface area contributed by atoms with Crippen LogP contribution in [0.25, 0.3) is 85.0 Å². The normalized spacial score (nSPS) is 13.5. The van der Waals surface area contributed by atoms with Gasteiger partial charge in [-0.3, -0.25) is 0 Å². The van der Waals surface area contributed by atoms with Gasteiger partial charge < -0.3 is 8.98 Å². The number of benzene rings is 5. The first-order chi connectivity index (χ1) is 24.8. The molecular weight excluding hydrogens is 613 g/mol. The van der Waals surface area contributed by atoms with Crippen molar-refractivity contribution < 1.29 is 4.42 Å². The van der Waals surface area contributed by atoms with Crippen LogP contribution in [0.2, 0.25) is 0 Å². The summed E-state index contributed by atoms with van der Waals surface area (Å²) < 4.78 is 8.89. The summed E-state index contributed by atoms with van der Waals surface area (Å²) in [6.07, 6.45) is 13.0. The number of aromatic nitrogens is 4. The Morgan fingerprint density at radius 1 is 0.520 bits per heavy atom. The lowest BCUT2D eigenvalue weighted by molar-refractivity contribution is 0.547. The Hall–Kier alpha value is -6.33. The van der Waals surface area contributed by atoms with Gasteiger partial charge in [0.15, 0.2) is 17.5 Å². The van der Waals surface area contributed by atoms with E-state index in [1.54, 1.807) is 0 Å². The van der Waals surface area contributed by atoms with E-state index in [9.17, 15) is 0 Å². The molecule has 0 unspecified atom stereocenters. The van der Waals surface area contributed by atoms with E-state index in [0.717, 1.165) is 75.9 Å². The third-order valence-electron chi connectivity index (χ3n) is 9.96. The molecule has 0 atom stereocenters. The summed E-state index contributed by atoms with van der Waals surface area (Å²) in [6.45, 7) is 0. The van der Waals surface area contributed by atoms with Crippen molar-refractivity contribution in [2.75, 3.05) is 0 Å². The van der Waals surface area contributed by atoms with Crippen LogP contribution in [0.4, 0.5) is 0 Å². The predicted molar refractivity (Wildman–Crippen MR) is 203 cm³/mol. The summed E-state index contributed by atoms with van der Waals surface area (Å²) in [5, 5.41) is 2.43. The molecule has 10 rings (SSSR count). The number of allylic oxidation sites excluding steroid dienone is 2. The van der Waals surface area contributed by atoms with E-state index in [1.165, 1.54) is 27.7 Å². The molecule has 0 bridgehead atoms. The summed E-state index contributed by atoms with van der Waals surface area (Å²) in [5.74, 6) is 2.97. The maximum Gasteiger partial charge on any atom is 0.164 e. The summed E-state index contributed by atoms with van der Waals surface area (Å²) in [5.41, 5.74) is 12.0. The fourth-order valence-electron chi connectivity index (χ4n) is 7.63. The molecule has 0 N–H and O–H groups in total. The second-order valence-electron chi connectivity index (χ2n) is 13.0. The minimum absolute atomic E-state index is 0.629. The minimum atomic E-state index is 0.629. The Balaban J connectivity index is 1.12. The Kier molecular flexibility index (Phi) is 6.69. The molecular formula is C45H32N4O. The quantitative estimate of drug-likeness (QED) is 0.187. The lowest BCUT2D eigenvalue weighted by atomic mass is 9.98. The van der Waals surface area contributed by atoms with Crippen LogP contribution >= 0.6 is 0 Å². The zero-order valence-electron chi connectivity index (χ0n) is 27.4. The molecule has 2 aliphatic rings. The molecule has 0 saturated heterocycles. The molecule has 0 radical (unpaired) electrons. The van der Waals surface area contributed by atoms with Crippen LogP contribution in [0.1, 0.15) is 35.4 Å². The van der Waals surface area contributed by atoms with Crippen molar-refractivity contribution in [2.24, 2.45) is 0 Å². The number of hydrogen-bond donors (Lipinski definition) is 0. The molecule has 0 amide bonds. The molecule has 238 valence electrons. The van der Waals surface area contributed by atoms with Crippen molar-refractivity contribution in [2.45, 2.75) is 25.7 Å². The first-order valence-electron chi connectivity index (χ1n) is 17.3. The zero-order chi connectivity index (χ0) is 33.0. The first-order valence-corrected chi connectivity index (χ1v) is 17.3. The van der Waals surface area contributed by atoms with E-state index in [0.29, 0.717) is 17.5 Å². The van der Waals surface area contributed by atoms with Crippen LogP contribution in [0.3, 0.4) is 0 Å². The first kappa shape index (κ1) is 28.7. The number of rotatable bonds is 5. The highest BCUT2D eigenvalue weighted by molar-refractivity contribution is 5.99. The van der Waals surface area contributed by atoms with Crippen molar-refractivity contribution in [1.29, 1.82) is 0 Å². The fourth-order valence-corrected chi connectivity index (χ4v) is 7.63. The van der Waals surface area contributed by atoms with E-state index < -0.39 is 0 Å². The molecule has 3 aromatic heterocycles. The van der Waals surface area contributed by atoms with Crippen LogP contribution in [-0.4, -0.2) is 19.5 Å². The van der Waals surface area contributed by atoms with Crippen LogP contribution in [0.5, 0.6) is 0 Å². The molecule has 0 fully saturated rings. The Morgan fingerprint density at radius 3 is 2.02 bits per heavy atom. The van der Waals surface area contributed by atoms with Crippen molar-refractivity contribution in [3.05, 3.63) is 156 Å². The molecule has 5 heteroatoms. The van der Waals surface area contributed by atoms with Gasteiger partial charge in [-0.15, -0.1) is 0 Å². The van der Waals surface area contributed by atoms with Gasteiger partial charge in [0.05, 0.1) is 5.52 Å². The SMILES string of the molecule is C1=Cc2c(oc3c(-c4cccc(-c5nc(-c6ccccc6)nc(-c6cccc(-n7c8c(c9ccccc97)C=CCC8)c6)n5)c4)cccc23)CC1. The summed E-state index contributed by atoms with van der Waals surface area (Å²) in [6, 6.07) is 42.3. The van der Waals surface area contributed by atoms with E-state index >= 15 is 0 Å². The van der Waals surface area contributed by atoms with Crippen LogP contribution < -0.4 is 0 Å². The zero-order valence-corrected chi connectivity index (χ0v) is 27.4. The highest BCUT2D eigenvalue weighted by atomic mass is 16.3. The van der Waals surface area contributed by atoms with Crippen molar-refractivity contribution in [3.63, 3.8) is 0 Å². The second kappa shape index (κ2) is 11.7. The Labute approximate surface area is 289 Å². The average Bonchev–Trinajstić information content (AvgIpc) is 3.74. The summed E-state index contributed by atoms with van der Waals surface area (Å²) in [4.78, 5) is 15.3. The van der Waals surface area contributed by atoms with E-state index in [4.69, 9.17) is 19.4 Å². The second-order valence-corrected chi connectivity index (χ2v) is 13.0. The monoisotopic (exact) mass is 644 g/mol. The maximum absolute atomic E-state index is 6.48. The maximum atomic E-state index is 6.48. The van der Waals surface area contributed by atoms with Gasteiger partial charge in [-0.05, 0) is 49.1 Å². The minimum Gasteiger partial charge on any atom is -0.460 e. The number of aryl methyl sites for hydroxylation is 1. The molecule has 8 aromatic rings. The lowest BCUT2D eigenvalue weighted by Gasteiger charge is -2.15. The molecule has 5 aromatic carbocycles.